The van der Waals surface area contributed by atoms with Crippen LogP contribution in [0.15, 0.2) is 18.2 Å². The second-order valence-electron chi connectivity index (χ2n) is 3.64. The normalized spacial score (nSPS) is 10.3. The van der Waals surface area contributed by atoms with Crippen LogP contribution in [0.1, 0.15) is 25.3 Å². The topological polar surface area (TPSA) is 18.5 Å². The molecule has 0 saturated carbocycles. The molecule has 0 atom stereocenters. The van der Waals surface area contributed by atoms with Crippen molar-refractivity contribution in [3.8, 4) is 11.5 Å². The first kappa shape index (κ1) is 14.3. The summed E-state index contributed by atoms with van der Waals surface area (Å²) in [6, 6.07) is 5.75. The van der Waals surface area contributed by atoms with E-state index in [4.69, 9.17) is 9.47 Å². The third-order valence-electron chi connectivity index (χ3n) is 2.19. The van der Waals surface area contributed by atoms with Gasteiger partial charge in [-0.05, 0) is 12.5 Å². The average molecular weight is 305 g/mol. The van der Waals surface area contributed by atoms with Crippen LogP contribution < -0.4 is 9.47 Å². The quantitative estimate of drug-likeness (QED) is 0.531. The molecule has 4 heteroatoms. The first-order valence-corrected chi connectivity index (χ1v) is 6.94. The van der Waals surface area contributed by atoms with Crippen molar-refractivity contribution in [2.45, 2.75) is 25.1 Å². The van der Waals surface area contributed by atoms with E-state index < -0.39 is 0 Å². The third-order valence-corrected chi connectivity index (χ3v) is 2.80. The van der Waals surface area contributed by atoms with Gasteiger partial charge in [-0.25, -0.2) is 0 Å². The summed E-state index contributed by atoms with van der Waals surface area (Å²) in [5.74, 6) is 1.57. The van der Waals surface area contributed by atoms with Gasteiger partial charge in [0.15, 0.2) is 0 Å². The minimum Gasteiger partial charge on any atom is -0.493 e. The zero-order valence-corrected chi connectivity index (χ0v) is 11.6. The minimum absolute atomic E-state index is 0.352. The molecule has 0 radical (unpaired) electrons. The predicted molar refractivity (Wildman–Crippen MR) is 70.9 cm³/mol. The van der Waals surface area contributed by atoms with Crippen molar-refractivity contribution in [2.24, 2.45) is 0 Å². The molecule has 0 aliphatic carbocycles. The molecule has 0 saturated heterocycles. The number of hydrogen-bond acceptors (Lipinski definition) is 2. The number of rotatable bonds is 8. The summed E-state index contributed by atoms with van der Waals surface area (Å²) in [6.45, 7) is 2.80. The van der Waals surface area contributed by atoms with Gasteiger partial charge in [-0.15, -0.1) is 0 Å². The lowest BCUT2D eigenvalue weighted by Gasteiger charge is -2.12. The van der Waals surface area contributed by atoms with Gasteiger partial charge in [0.05, 0.1) is 19.9 Å². The van der Waals surface area contributed by atoms with Gasteiger partial charge in [0.2, 0.25) is 0 Å². The monoisotopic (exact) mass is 304 g/mol. The maximum atomic E-state index is 12.0. The molecule has 0 unspecified atom stereocenters. The Hall–Kier alpha value is -0.770. The lowest BCUT2D eigenvalue weighted by atomic mass is 10.2. The number of benzene rings is 1. The van der Waals surface area contributed by atoms with Crippen LogP contribution in [0.2, 0.25) is 0 Å². The molecule has 0 heterocycles. The lowest BCUT2D eigenvalue weighted by molar-refractivity contribution is 0.282. The van der Waals surface area contributed by atoms with E-state index in [2.05, 4.69) is 22.9 Å². The van der Waals surface area contributed by atoms with Gasteiger partial charge in [0, 0.05) is 23.4 Å². The first-order chi connectivity index (χ1) is 8.31. The first-order valence-electron chi connectivity index (χ1n) is 5.82. The van der Waals surface area contributed by atoms with Crippen LogP contribution in [-0.4, -0.2) is 19.9 Å². The summed E-state index contributed by atoms with van der Waals surface area (Å²) in [7, 11) is 0. The molecule has 0 spiro atoms. The molecule has 0 fully saturated rings. The molecule has 96 valence electrons. The van der Waals surface area contributed by atoms with Crippen molar-refractivity contribution in [3.63, 3.8) is 0 Å². The Labute approximate surface area is 110 Å². The summed E-state index contributed by atoms with van der Waals surface area (Å²) in [4.78, 5) is 0. The molecule has 0 N–H and O–H groups in total. The SMILES string of the molecule is CCCOc1ccc(CBr)c(OCCCF)c1. The Balaban J connectivity index is 2.68. The molecule has 17 heavy (non-hydrogen) atoms. The molecule has 1 aromatic carbocycles. The fourth-order valence-electron chi connectivity index (χ4n) is 1.33. The van der Waals surface area contributed by atoms with Crippen molar-refractivity contribution < 1.29 is 13.9 Å². The van der Waals surface area contributed by atoms with E-state index in [1.807, 2.05) is 18.2 Å². The van der Waals surface area contributed by atoms with Crippen LogP contribution in [0.5, 0.6) is 11.5 Å². The third kappa shape index (κ3) is 4.94. The summed E-state index contributed by atoms with van der Waals surface area (Å²) in [5, 5.41) is 0.714. The molecular formula is C13H18BrFO2. The molecular weight excluding hydrogens is 287 g/mol. The summed E-state index contributed by atoms with van der Waals surface area (Å²) < 4.78 is 23.1. The maximum absolute atomic E-state index is 12.0. The van der Waals surface area contributed by atoms with Crippen LogP contribution in [0.25, 0.3) is 0 Å². The lowest BCUT2D eigenvalue weighted by Crippen LogP contribution is -2.01. The average Bonchev–Trinajstić information content (AvgIpc) is 2.37. The van der Waals surface area contributed by atoms with Crippen LogP contribution in [0, 0.1) is 0 Å². The highest BCUT2D eigenvalue weighted by Crippen LogP contribution is 2.27. The minimum atomic E-state index is -0.352. The Morgan fingerprint density at radius 3 is 2.71 bits per heavy atom. The zero-order chi connectivity index (χ0) is 12.5. The van der Waals surface area contributed by atoms with Gasteiger partial charge in [0.25, 0.3) is 0 Å². The molecule has 0 amide bonds. The van der Waals surface area contributed by atoms with Crippen molar-refractivity contribution in [1.29, 1.82) is 0 Å². The number of alkyl halides is 2. The second-order valence-corrected chi connectivity index (χ2v) is 4.20. The smallest absolute Gasteiger partial charge is 0.127 e. The number of hydrogen-bond donors (Lipinski definition) is 0. The highest BCUT2D eigenvalue weighted by molar-refractivity contribution is 9.08. The highest BCUT2D eigenvalue weighted by Gasteiger charge is 2.05. The van der Waals surface area contributed by atoms with Crippen molar-refractivity contribution in [2.75, 3.05) is 19.9 Å². The van der Waals surface area contributed by atoms with E-state index in [0.717, 1.165) is 23.5 Å². The summed E-state index contributed by atoms with van der Waals surface area (Å²) in [6.07, 6.45) is 1.39. The zero-order valence-electron chi connectivity index (χ0n) is 10.0. The van der Waals surface area contributed by atoms with E-state index in [1.54, 1.807) is 0 Å². The van der Waals surface area contributed by atoms with E-state index in [-0.39, 0.29) is 6.67 Å². The number of halogens is 2. The van der Waals surface area contributed by atoms with Gasteiger partial charge >= 0.3 is 0 Å². The fourth-order valence-corrected chi connectivity index (χ4v) is 1.79. The van der Waals surface area contributed by atoms with Crippen LogP contribution >= 0.6 is 15.9 Å². The van der Waals surface area contributed by atoms with E-state index in [9.17, 15) is 4.39 Å². The number of ether oxygens (including phenoxy) is 2. The van der Waals surface area contributed by atoms with E-state index in [1.165, 1.54) is 0 Å². The Bertz CT molecular complexity index is 331. The van der Waals surface area contributed by atoms with E-state index in [0.29, 0.717) is 25.0 Å². The van der Waals surface area contributed by atoms with Crippen LogP contribution in [0.3, 0.4) is 0 Å². The van der Waals surface area contributed by atoms with Gasteiger partial charge in [-0.2, -0.15) is 0 Å². The molecule has 1 rings (SSSR count). The predicted octanol–water partition coefficient (Wildman–Crippen LogP) is 4.11. The van der Waals surface area contributed by atoms with Gasteiger partial charge in [-0.1, -0.05) is 28.9 Å². The standard InChI is InChI=1S/C13H18BrFO2/c1-2-7-16-12-5-4-11(10-14)13(9-12)17-8-3-6-15/h4-5,9H,2-3,6-8,10H2,1H3. The van der Waals surface area contributed by atoms with Crippen LogP contribution in [-0.2, 0) is 5.33 Å². The van der Waals surface area contributed by atoms with Crippen molar-refractivity contribution in [3.05, 3.63) is 23.8 Å². The van der Waals surface area contributed by atoms with Crippen molar-refractivity contribution in [1.82, 2.24) is 0 Å². The molecule has 1 aromatic rings. The Morgan fingerprint density at radius 1 is 1.24 bits per heavy atom. The van der Waals surface area contributed by atoms with Crippen LogP contribution in [0.4, 0.5) is 4.39 Å². The van der Waals surface area contributed by atoms with Gasteiger partial charge < -0.3 is 9.47 Å². The molecule has 0 aliphatic heterocycles. The van der Waals surface area contributed by atoms with Gasteiger partial charge in [0.1, 0.15) is 11.5 Å². The van der Waals surface area contributed by atoms with Gasteiger partial charge in [-0.3, -0.25) is 4.39 Å². The summed E-state index contributed by atoms with van der Waals surface area (Å²) >= 11 is 3.40. The van der Waals surface area contributed by atoms with E-state index >= 15 is 0 Å². The molecule has 0 aliphatic rings. The maximum Gasteiger partial charge on any atom is 0.127 e. The molecule has 0 bridgehead atoms. The summed E-state index contributed by atoms with van der Waals surface area (Å²) in [5.41, 5.74) is 1.05. The molecule has 0 aromatic heterocycles. The largest absolute Gasteiger partial charge is 0.493 e. The van der Waals surface area contributed by atoms with Crippen molar-refractivity contribution >= 4 is 15.9 Å². The fraction of sp³-hybridized carbons (Fsp3) is 0.538. The second kappa shape index (κ2) is 8.34. The highest BCUT2D eigenvalue weighted by atomic mass is 79.9. The molecule has 2 nitrogen and oxygen atoms in total. The Kier molecular flexibility index (Phi) is 7.01. The Morgan fingerprint density at radius 2 is 2.06 bits per heavy atom.